The minimum absolute atomic E-state index is 0.246. The number of rotatable bonds is 4. The summed E-state index contributed by atoms with van der Waals surface area (Å²) in [4.78, 5) is 22.7. The van der Waals surface area contributed by atoms with E-state index in [-0.39, 0.29) is 12.5 Å². The molecule has 1 amide bonds. The van der Waals surface area contributed by atoms with E-state index < -0.39 is 5.97 Å². The Hall–Kier alpha value is -1.42. The number of halogens is 2. The van der Waals surface area contributed by atoms with Crippen LogP contribution in [-0.4, -0.2) is 26.8 Å². The smallest absolute Gasteiger partial charge is 0.325 e. The molecule has 0 atom stereocenters. The van der Waals surface area contributed by atoms with Gasteiger partial charge >= 0.3 is 5.97 Å². The maximum atomic E-state index is 12.1. The average Bonchev–Trinajstić information content (AvgIpc) is 2.78. The zero-order valence-electron chi connectivity index (χ0n) is 10.0. The maximum absolute atomic E-state index is 12.1. The van der Waals surface area contributed by atoms with Gasteiger partial charge in [-0.3, -0.25) is 14.3 Å². The molecule has 6 nitrogen and oxygen atoms in total. The van der Waals surface area contributed by atoms with Gasteiger partial charge < -0.3 is 10.4 Å². The Morgan fingerprint density at radius 1 is 1.45 bits per heavy atom. The van der Waals surface area contributed by atoms with Crippen molar-refractivity contribution in [3.63, 3.8) is 0 Å². The molecule has 1 aromatic heterocycles. The molecule has 0 saturated carbocycles. The summed E-state index contributed by atoms with van der Waals surface area (Å²) in [7, 11) is 0. The van der Waals surface area contributed by atoms with Crippen molar-refractivity contribution in [2.75, 3.05) is 5.32 Å². The molecule has 0 radical (unpaired) electrons. The number of carboxylic acids is 1. The van der Waals surface area contributed by atoms with E-state index in [2.05, 4.69) is 48.9 Å². The summed E-state index contributed by atoms with van der Waals surface area (Å²) in [6.45, 7) is -0.246. The van der Waals surface area contributed by atoms with E-state index in [1.54, 1.807) is 6.07 Å². The van der Waals surface area contributed by atoms with Crippen molar-refractivity contribution in [3.8, 4) is 0 Å². The van der Waals surface area contributed by atoms with Crippen LogP contribution in [-0.2, 0) is 11.3 Å². The molecule has 0 spiro atoms. The second-order valence-corrected chi connectivity index (χ2v) is 5.98. The van der Waals surface area contributed by atoms with Crippen LogP contribution in [0.15, 0.2) is 35.1 Å². The third-order valence-corrected chi connectivity index (χ3v) is 3.80. The highest BCUT2D eigenvalue weighted by Gasteiger charge is 2.12. The molecule has 0 aliphatic heterocycles. The lowest BCUT2D eigenvalue weighted by molar-refractivity contribution is -0.137. The number of hydrogen-bond acceptors (Lipinski definition) is 3. The van der Waals surface area contributed by atoms with E-state index in [0.29, 0.717) is 11.3 Å². The molecule has 2 aromatic rings. The van der Waals surface area contributed by atoms with Crippen LogP contribution in [0.4, 0.5) is 5.69 Å². The number of anilines is 1. The van der Waals surface area contributed by atoms with Gasteiger partial charge in [0.2, 0.25) is 0 Å². The molecule has 8 heteroatoms. The largest absolute Gasteiger partial charge is 0.480 e. The maximum Gasteiger partial charge on any atom is 0.325 e. The van der Waals surface area contributed by atoms with Gasteiger partial charge in [0.1, 0.15) is 6.54 Å². The number of carbonyl (C=O) groups excluding carboxylic acids is 1. The number of carboxylic acid groups (broad SMARTS) is 1. The Morgan fingerprint density at radius 3 is 2.90 bits per heavy atom. The summed E-state index contributed by atoms with van der Waals surface area (Å²) in [6, 6.07) is 5.40. The van der Waals surface area contributed by atoms with Crippen molar-refractivity contribution < 1.29 is 14.7 Å². The van der Waals surface area contributed by atoms with Gasteiger partial charge in [-0.15, -0.1) is 0 Å². The van der Waals surface area contributed by atoms with Crippen LogP contribution in [0.3, 0.4) is 0 Å². The van der Waals surface area contributed by atoms with E-state index in [9.17, 15) is 9.59 Å². The molecular weight excluding hydrogens is 441 g/mol. The molecule has 20 heavy (non-hydrogen) atoms. The number of nitrogens with one attached hydrogen (secondary N) is 1. The SMILES string of the molecule is O=C(O)Cn1cc(NC(=O)c2cc(Br)ccc2I)cn1. The number of aromatic nitrogens is 2. The molecule has 2 N–H and O–H groups in total. The predicted molar refractivity (Wildman–Crippen MR) is 84.7 cm³/mol. The van der Waals surface area contributed by atoms with Crippen LogP contribution in [0.25, 0.3) is 0 Å². The first kappa shape index (κ1) is 15.0. The lowest BCUT2D eigenvalue weighted by Crippen LogP contribution is -2.13. The molecule has 0 saturated heterocycles. The third kappa shape index (κ3) is 3.79. The van der Waals surface area contributed by atoms with E-state index in [1.165, 1.54) is 17.1 Å². The highest BCUT2D eigenvalue weighted by Crippen LogP contribution is 2.19. The molecule has 0 aliphatic rings. The van der Waals surface area contributed by atoms with Crippen LogP contribution in [0.2, 0.25) is 0 Å². The quantitative estimate of drug-likeness (QED) is 0.702. The number of amides is 1. The molecule has 0 bridgehead atoms. The Balaban J connectivity index is 2.13. The Bertz CT molecular complexity index is 672. The lowest BCUT2D eigenvalue weighted by atomic mass is 10.2. The molecule has 1 heterocycles. The average molecular weight is 450 g/mol. The first-order valence-electron chi connectivity index (χ1n) is 5.46. The Labute approximate surface area is 136 Å². The van der Waals surface area contributed by atoms with Crippen molar-refractivity contribution in [1.82, 2.24) is 9.78 Å². The summed E-state index contributed by atoms with van der Waals surface area (Å²) in [5.74, 6) is -1.27. The summed E-state index contributed by atoms with van der Waals surface area (Å²) in [5, 5.41) is 15.2. The van der Waals surface area contributed by atoms with Crippen LogP contribution in [0.1, 0.15) is 10.4 Å². The zero-order valence-corrected chi connectivity index (χ0v) is 13.8. The predicted octanol–water partition coefficient (Wildman–Crippen LogP) is 2.59. The van der Waals surface area contributed by atoms with Crippen molar-refractivity contribution in [3.05, 3.63) is 44.2 Å². The topological polar surface area (TPSA) is 84.2 Å². The normalized spacial score (nSPS) is 10.3. The molecule has 0 aliphatic carbocycles. The van der Waals surface area contributed by atoms with E-state index in [1.807, 2.05) is 12.1 Å². The van der Waals surface area contributed by atoms with Crippen LogP contribution in [0, 0.1) is 3.57 Å². The fraction of sp³-hybridized carbons (Fsp3) is 0.0833. The van der Waals surface area contributed by atoms with Gasteiger partial charge in [0.25, 0.3) is 5.91 Å². The second-order valence-electron chi connectivity index (χ2n) is 3.90. The first-order chi connectivity index (χ1) is 9.45. The summed E-state index contributed by atoms with van der Waals surface area (Å²) in [6.07, 6.45) is 2.88. The van der Waals surface area contributed by atoms with Gasteiger partial charge in [-0.1, -0.05) is 15.9 Å². The standard InChI is InChI=1S/C12H9BrIN3O3/c13-7-1-2-10(14)9(3-7)12(20)16-8-4-15-17(5-8)6-11(18)19/h1-5H,6H2,(H,16,20)(H,18,19). The van der Waals surface area contributed by atoms with Crippen LogP contribution in [0.5, 0.6) is 0 Å². The van der Waals surface area contributed by atoms with Crippen molar-refractivity contribution >= 4 is 56.1 Å². The van der Waals surface area contributed by atoms with Gasteiger partial charge in [-0.05, 0) is 40.8 Å². The molecule has 0 unspecified atom stereocenters. The number of benzene rings is 1. The van der Waals surface area contributed by atoms with Gasteiger partial charge in [-0.25, -0.2) is 0 Å². The van der Waals surface area contributed by atoms with Crippen molar-refractivity contribution in [1.29, 1.82) is 0 Å². The third-order valence-electron chi connectivity index (χ3n) is 2.36. The van der Waals surface area contributed by atoms with Gasteiger partial charge in [0, 0.05) is 14.2 Å². The van der Waals surface area contributed by atoms with Gasteiger partial charge in [0.15, 0.2) is 0 Å². The number of hydrogen-bond donors (Lipinski definition) is 2. The number of aliphatic carboxylic acids is 1. The van der Waals surface area contributed by atoms with E-state index in [0.717, 1.165) is 8.04 Å². The van der Waals surface area contributed by atoms with Gasteiger partial charge in [0.05, 0.1) is 17.4 Å². The fourth-order valence-corrected chi connectivity index (χ4v) is 2.46. The molecule has 0 fully saturated rings. The fourth-order valence-electron chi connectivity index (χ4n) is 1.52. The van der Waals surface area contributed by atoms with Crippen molar-refractivity contribution in [2.24, 2.45) is 0 Å². The van der Waals surface area contributed by atoms with Gasteiger partial charge in [-0.2, -0.15) is 5.10 Å². The zero-order chi connectivity index (χ0) is 14.7. The monoisotopic (exact) mass is 449 g/mol. The summed E-state index contributed by atoms with van der Waals surface area (Å²) >= 11 is 5.39. The van der Waals surface area contributed by atoms with Crippen LogP contribution >= 0.6 is 38.5 Å². The van der Waals surface area contributed by atoms with Crippen molar-refractivity contribution in [2.45, 2.75) is 6.54 Å². The summed E-state index contributed by atoms with van der Waals surface area (Å²) in [5.41, 5.74) is 0.984. The minimum Gasteiger partial charge on any atom is -0.480 e. The van der Waals surface area contributed by atoms with E-state index in [4.69, 9.17) is 5.11 Å². The van der Waals surface area contributed by atoms with Crippen LogP contribution < -0.4 is 5.32 Å². The molecule has 1 aromatic carbocycles. The Morgan fingerprint density at radius 2 is 2.20 bits per heavy atom. The Kier molecular flexibility index (Phi) is 4.76. The first-order valence-corrected chi connectivity index (χ1v) is 7.33. The minimum atomic E-state index is -0.993. The highest BCUT2D eigenvalue weighted by atomic mass is 127. The second kappa shape index (κ2) is 6.35. The lowest BCUT2D eigenvalue weighted by Gasteiger charge is -2.05. The summed E-state index contributed by atoms with van der Waals surface area (Å²) < 4.78 is 2.87. The highest BCUT2D eigenvalue weighted by molar-refractivity contribution is 14.1. The molecule has 2 rings (SSSR count). The number of nitrogens with zero attached hydrogens (tertiary/aromatic N) is 2. The molecular formula is C12H9BrIN3O3. The molecule has 104 valence electrons. The number of carbonyl (C=O) groups is 2. The van der Waals surface area contributed by atoms with E-state index >= 15 is 0 Å².